The molecule has 1 aromatic heterocycles. The van der Waals surface area contributed by atoms with Crippen molar-refractivity contribution in [1.29, 1.82) is 0 Å². The van der Waals surface area contributed by atoms with Crippen LogP contribution in [0.2, 0.25) is 5.02 Å². The molecule has 0 saturated heterocycles. The Hall–Kier alpha value is -2.07. The summed E-state index contributed by atoms with van der Waals surface area (Å²) >= 11 is 5.88. The second-order valence-corrected chi connectivity index (χ2v) is 5.68. The minimum Gasteiger partial charge on any atom is -0.383 e. The molecule has 1 N–H and O–H groups in total. The largest absolute Gasteiger partial charge is 0.383 e. The molecule has 5 heteroatoms. The molecule has 0 atom stereocenters. The molecule has 23 heavy (non-hydrogen) atoms. The number of pyridine rings is 1. The van der Waals surface area contributed by atoms with Crippen molar-refractivity contribution in [1.82, 2.24) is 9.88 Å². The Morgan fingerprint density at radius 2 is 1.87 bits per heavy atom. The van der Waals surface area contributed by atoms with E-state index in [0.717, 1.165) is 23.7 Å². The summed E-state index contributed by atoms with van der Waals surface area (Å²) in [5.41, 5.74) is 2.69. The molecule has 0 aliphatic rings. The van der Waals surface area contributed by atoms with E-state index >= 15 is 0 Å². The molecule has 1 aromatic carbocycles. The Morgan fingerprint density at radius 3 is 2.52 bits per heavy atom. The average Bonchev–Trinajstić information content (AvgIpc) is 2.58. The third-order valence-electron chi connectivity index (χ3n) is 3.69. The Balaban J connectivity index is 1.94. The van der Waals surface area contributed by atoms with Crippen LogP contribution in [-0.4, -0.2) is 35.4 Å². The quantitative estimate of drug-likeness (QED) is 0.837. The van der Waals surface area contributed by atoms with Gasteiger partial charge in [0, 0.05) is 37.1 Å². The zero-order chi connectivity index (χ0) is 16.7. The van der Waals surface area contributed by atoms with E-state index in [1.165, 1.54) is 5.56 Å². The minimum atomic E-state index is 0.0175. The van der Waals surface area contributed by atoms with Crippen LogP contribution < -0.4 is 5.32 Å². The lowest BCUT2D eigenvalue weighted by Crippen LogP contribution is -2.30. The number of hydrogen-bond acceptors (Lipinski definition) is 3. The maximum absolute atomic E-state index is 12.3. The first-order valence-electron chi connectivity index (χ1n) is 7.86. The molecular formula is C18H22ClN3O. The second kappa shape index (κ2) is 8.53. The van der Waals surface area contributed by atoms with E-state index in [9.17, 15) is 4.79 Å². The first-order chi connectivity index (χ1) is 11.1. The van der Waals surface area contributed by atoms with Gasteiger partial charge in [-0.15, -0.1) is 0 Å². The fourth-order valence-electron chi connectivity index (χ4n) is 2.35. The molecule has 1 heterocycles. The third kappa shape index (κ3) is 4.96. The van der Waals surface area contributed by atoms with Crippen LogP contribution in [-0.2, 0) is 6.42 Å². The summed E-state index contributed by atoms with van der Waals surface area (Å²) in [7, 11) is 0. The number of anilines is 1. The first-order valence-corrected chi connectivity index (χ1v) is 8.24. The van der Waals surface area contributed by atoms with Crippen LogP contribution in [0.15, 0.2) is 42.7 Å². The van der Waals surface area contributed by atoms with Crippen molar-refractivity contribution in [2.45, 2.75) is 20.3 Å². The molecule has 0 aliphatic carbocycles. The maximum atomic E-state index is 12.3. The molecule has 0 fully saturated rings. The average molecular weight is 332 g/mol. The molecule has 0 unspecified atom stereocenters. The summed E-state index contributed by atoms with van der Waals surface area (Å²) in [4.78, 5) is 18.3. The highest BCUT2D eigenvalue weighted by Gasteiger charge is 2.13. The van der Waals surface area contributed by atoms with Gasteiger partial charge in [0.25, 0.3) is 5.91 Å². The Kier molecular flexibility index (Phi) is 6.41. The maximum Gasteiger partial charge on any atom is 0.255 e. The lowest BCUT2D eigenvalue weighted by molar-refractivity contribution is 0.0772. The first kappa shape index (κ1) is 17.3. The highest BCUT2D eigenvalue weighted by molar-refractivity contribution is 6.30. The number of nitrogens with one attached hydrogen (secondary N) is 1. The molecule has 2 aromatic rings. The molecular weight excluding hydrogens is 310 g/mol. The third-order valence-corrected chi connectivity index (χ3v) is 3.94. The van der Waals surface area contributed by atoms with Crippen molar-refractivity contribution in [3.05, 3.63) is 58.9 Å². The Bertz CT molecular complexity index is 639. The fourth-order valence-corrected chi connectivity index (χ4v) is 2.48. The number of aromatic nitrogens is 1. The van der Waals surface area contributed by atoms with E-state index in [1.54, 1.807) is 17.3 Å². The van der Waals surface area contributed by atoms with Crippen molar-refractivity contribution in [2.24, 2.45) is 0 Å². The minimum absolute atomic E-state index is 0.0175. The van der Waals surface area contributed by atoms with Crippen LogP contribution in [0.3, 0.4) is 0 Å². The standard InChI is InChI=1S/C18H22ClN3O/c1-3-22(4-2)18(23)15-11-17(13-20-12-15)21-10-9-14-5-7-16(19)8-6-14/h5-8,11-13,21H,3-4,9-10H2,1-2H3. The summed E-state index contributed by atoms with van der Waals surface area (Å²) in [5, 5.41) is 4.06. The SMILES string of the molecule is CCN(CC)C(=O)c1cncc(NCCc2ccc(Cl)cc2)c1. The van der Waals surface area contributed by atoms with Crippen LogP contribution >= 0.6 is 11.6 Å². The monoisotopic (exact) mass is 331 g/mol. The Morgan fingerprint density at radius 1 is 1.17 bits per heavy atom. The van der Waals surface area contributed by atoms with Gasteiger partial charge in [-0.05, 0) is 44.0 Å². The van der Waals surface area contributed by atoms with Gasteiger partial charge >= 0.3 is 0 Å². The molecule has 1 amide bonds. The van der Waals surface area contributed by atoms with Crippen LogP contribution in [0.5, 0.6) is 0 Å². The zero-order valence-corrected chi connectivity index (χ0v) is 14.3. The van der Waals surface area contributed by atoms with E-state index in [2.05, 4.69) is 10.3 Å². The van der Waals surface area contributed by atoms with Gasteiger partial charge < -0.3 is 10.2 Å². The normalized spacial score (nSPS) is 10.4. The molecule has 122 valence electrons. The molecule has 0 aliphatic heterocycles. The van der Waals surface area contributed by atoms with Gasteiger partial charge in [-0.3, -0.25) is 9.78 Å². The number of carbonyl (C=O) groups is 1. The van der Waals surface area contributed by atoms with Crippen molar-refractivity contribution < 1.29 is 4.79 Å². The van der Waals surface area contributed by atoms with Crippen LogP contribution in [0.4, 0.5) is 5.69 Å². The van der Waals surface area contributed by atoms with E-state index in [4.69, 9.17) is 11.6 Å². The molecule has 0 bridgehead atoms. The number of rotatable bonds is 7. The highest BCUT2D eigenvalue weighted by Crippen LogP contribution is 2.13. The summed E-state index contributed by atoms with van der Waals surface area (Å²) < 4.78 is 0. The van der Waals surface area contributed by atoms with Crippen molar-refractivity contribution >= 4 is 23.2 Å². The van der Waals surface area contributed by atoms with E-state index in [-0.39, 0.29) is 5.91 Å². The Labute approximate surface area is 142 Å². The smallest absolute Gasteiger partial charge is 0.255 e. The predicted molar refractivity (Wildman–Crippen MR) is 95.1 cm³/mol. The van der Waals surface area contributed by atoms with Crippen LogP contribution in [0.25, 0.3) is 0 Å². The number of hydrogen-bond donors (Lipinski definition) is 1. The van der Waals surface area contributed by atoms with Gasteiger partial charge in [0.1, 0.15) is 0 Å². The highest BCUT2D eigenvalue weighted by atomic mass is 35.5. The summed E-state index contributed by atoms with van der Waals surface area (Å²) in [6.07, 6.45) is 4.23. The summed E-state index contributed by atoms with van der Waals surface area (Å²) in [6.45, 7) is 6.12. The van der Waals surface area contributed by atoms with Crippen molar-refractivity contribution in [2.75, 3.05) is 25.0 Å². The van der Waals surface area contributed by atoms with Gasteiger partial charge in [-0.25, -0.2) is 0 Å². The summed E-state index contributed by atoms with van der Waals surface area (Å²) in [6, 6.07) is 9.67. The topological polar surface area (TPSA) is 45.2 Å². The number of carbonyl (C=O) groups excluding carboxylic acids is 1. The fraction of sp³-hybridized carbons (Fsp3) is 0.333. The van der Waals surface area contributed by atoms with Crippen molar-refractivity contribution in [3.8, 4) is 0 Å². The van der Waals surface area contributed by atoms with E-state index in [0.29, 0.717) is 18.7 Å². The van der Waals surface area contributed by atoms with Gasteiger partial charge in [0.05, 0.1) is 11.3 Å². The zero-order valence-electron chi connectivity index (χ0n) is 13.6. The number of nitrogens with zero attached hydrogens (tertiary/aromatic N) is 2. The lowest BCUT2D eigenvalue weighted by atomic mass is 10.1. The molecule has 2 rings (SSSR count). The van der Waals surface area contributed by atoms with E-state index in [1.807, 2.05) is 44.2 Å². The molecule has 0 saturated carbocycles. The second-order valence-electron chi connectivity index (χ2n) is 5.24. The molecule has 0 spiro atoms. The van der Waals surface area contributed by atoms with Crippen LogP contribution in [0, 0.1) is 0 Å². The lowest BCUT2D eigenvalue weighted by Gasteiger charge is -2.18. The van der Waals surface area contributed by atoms with Gasteiger partial charge in [-0.2, -0.15) is 0 Å². The number of amides is 1. The van der Waals surface area contributed by atoms with Gasteiger partial charge in [0.15, 0.2) is 0 Å². The number of halogens is 1. The van der Waals surface area contributed by atoms with Crippen molar-refractivity contribution in [3.63, 3.8) is 0 Å². The molecule has 4 nitrogen and oxygen atoms in total. The summed E-state index contributed by atoms with van der Waals surface area (Å²) in [5.74, 6) is 0.0175. The van der Waals surface area contributed by atoms with Gasteiger partial charge in [0.2, 0.25) is 0 Å². The van der Waals surface area contributed by atoms with Gasteiger partial charge in [-0.1, -0.05) is 23.7 Å². The molecule has 0 radical (unpaired) electrons. The van der Waals surface area contributed by atoms with Crippen LogP contribution in [0.1, 0.15) is 29.8 Å². The number of benzene rings is 1. The van der Waals surface area contributed by atoms with E-state index < -0.39 is 0 Å². The predicted octanol–water partition coefficient (Wildman–Crippen LogP) is 3.87.